The van der Waals surface area contributed by atoms with Crippen molar-refractivity contribution in [2.24, 2.45) is 0 Å². The summed E-state index contributed by atoms with van der Waals surface area (Å²) >= 11 is 6.02. The number of carbonyl (C=O) groups is 1. The molecule has 0 aliphatic rings. The van der Waals surface area contributed by atoms with E-state index in [1.165, 1.54) is 11.0 Å². The van der Waals surface area contributed by atoms with Crippen LogP contribution in [-0.4, -0.2) is 37.6 Å². The first-order chi connectivity index (χ1) is 11.7. The average Bonchev–Trinajstić information content (AvgIpc) is 3.14. The molecule has 0 fully saturated rings. The molecule has 1 amide bonds. The Morgan fingerprint density at radius 2 is 2.04 bits per heavy atom. The number of hydrogen-bond acceptors (Lipinski definition) is 4. The molecule has 1 aromatic heterocycles. The second-order valence-electron chi connectivity index (χ2n) is 5.25. The highest BCUT2D eigenvalue weighted by Gasteiger charge is 2.15. The zero-order chi connectivity index (χ0) is 16.9. The summed E-state index contributed by atoms with van der Waals surface area (Å²) in [5.41, 5.74) is 2.32. The van der Waals surface area contributed by atoms with Gasteiger partial charge in [0.1, 0.15) is 6.33 Å². The normalized spacial score (nSPS) is 10.6. The second-order valence-corrected chi connectivity index (χ2v) is 5.69. The Balaban J connectivity index is 1.82. The number of nitrogens with zero attached hydrogens (tertiary/aromatic N) is 5. The van der Waals surface area contributed by atoms with E-state index < -0.39 is 0 Å². The third-order valence-electron chi connectivity index (χ3n) is 3.64. The molecule has 0 radical (unpaired) electrons. The van der Waals surface area contributed by atoms with Gasteiger partial charge < -0.3 is 4.90 Å². The maximum absolute atomic E-state index is 12.8. The Morgan fingerprint density at radius 3 is 2.75 bits per heavy atom. The summed E-state index contributed by atoms with van der Waals surface area (Å²) in [6, 6.07) is 14.8. The number of benzene rings is 2. The summed E-state index contributed by atoms with van der Waals surface area (Å²) in [4.78, 5) is 14.6. The van der Waals surface area contributed by atoms with Crippen LogP contribution in [0.15, 0.2) is 54.9 Å². The van der Waals surface area contributed by atoms with Crippen LogP contribution >= 0.6 is 11.6 Å². The first-order valence-electron chi connectivity index (χ1n) is 7.54. The van der Waals surface area contributed by atoms with Crippen molar-refractivity contribution in [1.82, 2.24) is 25.1 Å². The minimum absolute atomic E-state index is 0.0487. The van der Waals surface area contributed by atoms with Gasteiger partial charge in [-0.2, -0.15) is 0 Å². The number of halogens is 1. The van der Waals surface area contributed by atoms with Crippen molar-refractivity contribution < 1.29 is 4.79 Å². The topological polar surface area (TPSA) is 63.9 Å². The van der Waals surface area contributed by atoms with E-state index in [2.05, 4.69) is 15.5 Å². The van der Waals surface area contributed by atoms with Crippen LogP contribution in [-0.2, 0) is 6.54 Å². The predicted octanol–water partition coefficient (Wildman–Crippen LogP) is 2.98. The lowest BCUT2D eigenvalue weighted by Crippen LogP contribution is -2.30. The third-order valence-corrected chi connectivity index (χ3v) is 3.87. The van der Waals surface area contributed by atoms with Gasteiger partial charge in [0, 0.05) is 23.7 Å². The van der Waals surface area contributed by atoms with E-state index in [1.807, 2.05) is 43.3 Å². The molecule has 122 valence electrons. The van der Waals surface area contributed by atoms with Crippen LogP contribution in [0.4, 0.5) is 0 Å². The molecule has 0 N–H and O–H groups in total. The maximum atomic E-state index is 12.8. The van der Waals surface area contributed by atoms with Crippen LogP contribution in [0.2, 0.25) is 5.02 Å². The van der Waals surface area contributed by atoms with Crippen LogP contribution in [0, 0.1) is 0 Å². The van der Waals surface area contributed by atoms with Gasteiger partial charge >= 0.3 is 0 Å². The van der Waals surface area contributed by atoms with Crippen molar-refractivity contribution in [1.29, 1.82) is 0 Å². The van der Waals surface area contributed by atoms with Crippen molar-refractivity contribution in [3.8, 4) is 5.69 Å². The third kappa shape index (κ3) is 3.60. The van der Waals surface area contributed by atoms with Crippen LogP contribution in [0.3, 0.4) is 0 Å². The van der Waals surface area contributed by atoms with Crippen molar-refractivity contribution in [3.05, 3.63) is 71.0 Å². The van der Waals surface area contributed by atoms with Gasteiger partial charge in [-0.1, -0.05) is 29.8 Å². The monoisotopic (exact) mass is 341 g/mol. The van der Waals surface area contributed by atoms with E-state index in [0.717, 1.165) is 11.3 Å². The minimum atomic E-state index is -0.0487. The van der Waals surface area contributed by atoms with Gasteiger partial charge in [0.25, 0.3) is 5.91 Å². The van der Waals surface area contributed by atoms with Crippen LogP contribution in [0.5, 0.6) is 0 Å². The molecule has 1 heterocycles. The summed E-state index contributed by atoms with van der Waals surface area (Å²) in [5, 5.41) is 11.7. The Hall–Kier alpha value is -2.73. The molecule has 0 saturated heterocycles. The molecule has 3 rings (SSSR count). The van der Waals surface area contributed by atoms with Gasteiger partial charge in [0.05, 0.1) is 5.69 Å². The summed E-state index contributed by atoms with van der Waals surface area (Å²) in [7, 11) is 0. The molecular formula is C17H16ClN5O. The molecule has 24 heavy (non-hydrogen) atoms. The molecule has 2 aromatic carbocycles. The first kappa shape index (κ1) is 16.1. The first-order valence-corrected chi connectivity index (χ1v) is 7.92. The fourth-order valence-electron chi connectivity index (χ4n) is 2.43. The van der Waals surface area contributed by atoms with Gasteiger partial charge in [0.15, 0.2) is 0 Å². The van der Waals surface area contributed by atoms with E-state index in [-0.39, 0.29) is 5.91 Å². The molecular weight excluding hydrogens is 326 g/mol. The molecule has 0 spiro atoms. The van der Waals surface area contributed by atoms with Gasteiger partial charge in [-0.3, -0.25) is 4.79 Å². The molecule has 0 bridgehead atoms. The fraction of sp³-hybridized carbons (Fsp3) is 0.176. The van der Waals surface area contributed by atoms with E-state index in [4.69, 9.17) is 11.6 Å². The number of hydrogen-bond donors (Lipinski definition) is 0. The lowest BCUT2D eigenvalue weighted by atomic mass is 10.1. The number of aromatic nitrogens is 4. The predicted molar refractivity (Wildman–Crippen MR) is 91.0 cm³/mol. The highest BCUT2D eigenvalue weighted by molar-refractivity contribution is 6.30. The summed E-state index contributed by atoms with van der Waals surface area (Å²) < 4.78 is 1.52. The Kier molecular flexibility index (Phi) is 4.86. The highest BCUT2D eigenvalue weighted by atomic mass is 35.5. The molecule has 6 nitrogen and oxygen atoms in total. The Morgan fingerprint density at radius 1 is 1.21 bits per heavy atom. The van der Waals surface area contributed by atoms with E-state index in [0.29, 0.717) is 23.7 Å². The molecule has 0 aliphatic carbocycles. The molecule has 0 saturated carbocycles. The van der Waals surface area contributed by atoms with Crippen LogP contribution in [0.25, 0.3) is 5.69 Å². The largest absolute Gasteiger partial charge is 0.335 e. The van der Waals surface area contributed by atoms with Crippen LogP contribution < -0.4 is 0 Å². The average molecular weight is 342 g/mol. The fourth-order valence-corrected chi connectivity index (χ4v) is 2.64. The smallest absolute Gasteiger partial charge is 0.254 e. The molecule has 3 aromatic rings. The highest BCUT2D eigenvalue weighted by Crippen LogP contribution is 2.16. The standard InChI is InChI=1S/C17H16ClN5O/c1-2-22(11-13-5-3-7-15(18)9-13)17(24)14-6-4-8-16(10-14)23-12-19-20-21-23/h3-10,12H,2,11H2,1H3. The number of carbonyl (C=O) groups excluding carboxylic acids is 1. The molecule has 7 heteroatoms. The SMILES string of the molecule is CCN(Cc1cccc(Cl)c1)C(=O)c1cccc(-n2cnnn2)c1. The van der Waals surface area contributed by atoms with E-state index in [1.54, 1.807) is 17.0 Å². The lowest BCUT2D eigenvalue weighted by Gasteiger charge is -2.21. The van der Waals surface area contributed by atoms with Gasteiger partial charge in [-0.05, 0) is 53.2 Å². The van der Waals surface area contributed by atoms with Gasteiger partial charge in [-0.15, -0.1) is 5.10 Å². The van der Waals surface area contributed by atoms with E-state index >= 15 is 0 Å². The van der Waals surface area contributed by atoms with Gasteiger partial charge in [-0.25, -0.2) is 4.68 Å². The molecule has 0 atom stereocenters. The van der Waals surface area contributed by atoms with Crippen molar-refractivity contribution in [3.63, 3.8) is 0 Å². The zero-order valence-corrected chi connectivity index (χ0v) is 13.9. The number of tetrazole rings is 1. The number of amides is 1. The van der Waals surface area contributed by atoms with Crippen LogP contribution in [0.1, 0.15) is 22.8 Å². The summed E-state index contributed by atoms with van der Waals surface area (Å²) in [6.07, 6.45) is 1.49. The van der Waals surface area contributed by atoms with Crippen molar-refractivity contribution in [2.75, 3.05) is 6.54 Å². The Labute approximate surface area is 144 Å². The number of rotatable bonds is 5. The second kappa shape index (κ2) is 7.23. The van der Waals surface area contributed by atoms with Gasteiger partial charge in [0.2, 0.25) is 0 Å². The summed E-state index contributed by atoms with van der Waals surface area (Å²) in [5.74, 6) is -0.0487. The quantitative estimate of drug-likeness (QED) is 0.715. The summed E-state index contributed by atoms with van der Waals surface area (Å²) in [6.45, 7) is 3.05. The van der Waals surface area contributed by atoms with E-state index in [9.17, 15) is 4.79 Å². The van der Waals surface area contributed by atoms with Crippen molar-refractivity contribution >= 4 is 17.5 Å². The van der Waals surface area contributed by atoms with Crippen molar-refractivity contribution in [2.45, 2.75) is 13.5 Å². The maximum Gasteiger partial charge on any atom is 0.254 e. The zero-order valence-electron chi connectivity index (χ0n) is 13.1. The lowest BCUT2D eigenvalue weighted by molar-refractivity contribution is 0.0752. The minimum Gasteiger partial charge on any atom is -0.335 e. The molecule has 0 unspecified atom stereocenters. The molecule has 0 aliphatic heterocycles. The Bertz CT molecular complexity index is 835.